The van der Waals surface area contributed by atoms with Crippen molar-refractivity contribution in [2.75, 3.05) is 12.4 Å². The van der Waals surface area contributed by atoms with Crippen molar-refractivity contribution in [2.45, 2.75) is 38.6 Å². The highest BCUT2D eigenvalue weighted by atomic mass is 16.5. The van der Waals surface area contributed by atoms with Crippen LogP contribution in [0.2, 0.25) is 0 Å². The fourth-order valence-electron chi connectivity index (χ4n) is 2.69. The van der Waals surface area contributed by atoms with Crippen molar-refractivity contribution in [1.29, 1.82) is 0 Å². The lowest BCUT2D eigenvalue weighted by atomic mass is 9.85. The highest BCUT2D eigenvalue weighted by Crippen LogP contribution is 2.29. The van der Waals surface area contributed by atoms with Crippen molar-refractivity contribution in [3.05, 3.63) is 23.8 Å². The van der Waals surface area contributed by atoms with Crippen molar-refractivity contribution in [3.63, 3.8) is 0 Å². The van der Waals surface area contributed by atoms with Gasteiger partial charge in [-0.3, -0.25) is 4.79 Å². The summed E-state index contributed by atoms with van der Waals surface area (Å²) in [4.78, 5) is 11.1. The molecule has 1 aromatic rings. The van der Waals surface area contributed by atoms with Crippen LogP contribution in [0, 0.1) is 12.8 Å². The van der Waals surface area contributed by atoms with E-state index in [2.05, 4.69) is 5.32 Å². The summed E-state index contributed by atoms with van der Waals surface area (Å²) >= 11 is 0. The zero-order valence-electron chi connectivity index (χ0n) is 11.5. The maximum Gasteiger partial charge on any atom is 0.306 e. The molecule has 1 saturated carbocycles. The summed E-state index contributed by atoms with van der Waals surface area (Å²) < 4.78 is 5.18. The molecule has 0 bridgehead atoms. The van der Waals surface area contributed by atoms with Crippen LogP contribution in [0.3, 0.4) is 0 Å². The Morgan fingerprint density at radius 1 is 1.42 bits per heavy atom. The van der Waals surface area contributed by atoms with Gasteiger partial charge in [-0.15, -0.1) is 0 Å². The predicted octanol–water partition coefficient (Wildman–Crippen LogP) is 3.06. The van der Waals surface area contributed by atoms with E-state index >= 15 is 0 Å². The maximum atomic E-state index is 11.1. The van der Waals surface area contributed by atoms with Gasteiger partial charge >= 0.3 is 5.97 Å². The fourth-order valence-corrected chi connectivity index (χ4v) is 2.69. The fraction of sp³-hybridized carbons (Fsp3) is 0.533. The average molecular weight is 263 g/mol. The molecule has 19 heavy (non-hydrogen) atoms. The van der Waals surface area contributed by atoms with E-state index in [-0.39, 0.29) is 12.0 Å². The molecule has 2 N–H and O–H groups in total. The number of carbonyl (C=O) groups is 1. The highest BCUT2D eigenvalue weighted by Gasteiger charge is 2.26. The van der Waals surface area contributed by atoms with Crippen LogP contribution >= 0.6 is 0 Å². The average Bonchev–Trinajstić information content (AvgIpc) is 2.41. The van der Waals surface area contributed by atoms with E-state index in [1.165, 1.54) is 0 Å². The molecule has 0 amide bonds. The summed E-state index contributed by atoms with van der Waals surface area (Å²) in [6, 6.07) is 6.16. The molecule has 1 aliphatic rings. The number of hydrogen-bond acceptors (Lipinski definition) is 3. The van der Waals surface area contributed by atoms with Crippen LogP contribution < -0.4 is 10.1 Å². The molecule has 0 radical (unpaired) electrons. The first-order chi connectivity index (χ1) is 9.10. The third-order valence-corrected chi connectivity index (χ3v) is 3.82. The van der Waals surface area contributed by atoms with Gasteiger partial charge < -0.3 is 15.2 Å². The third kappa shape index (κ3) is 3.40. The van der Waals surface area contributed by atoms with Crippen molar-refractivity contribution in [1.82, 2.24) is 0 Å². The molecule has 0 heterocycles. The summed E-state index contributed by atoms with van der Waals surface area (Å²) in [5.74, 6) is -0.0298. The van der Waals surface area contributed by atoms with Gasteiger partial charge in [0.15, 0.2) is 0 Å². The Morgan fingerprint density at radius 2 is 2.21 bits per heavy atom. The first-order valence-electron chi connectivity index (χ1n) is 6.74. The number of anilines is 1. The molecule has 0 aliphatic heterocycles. The van der Waals surface area contributed by atoms with Crippen LogP contribution in [-0.4, -0.2) is 24.2 Å². The smallest absolute Gasteiger partial charge is 0.306 e. The van der Waals surface area contributed by atoms with E-state index in [9.17, 15) is 4.79 Å². The lowest BCUT2D eigenvalue weighted by Gasteiger charge is -2.28. The SMILES string of the molecule is COc1ccc(NC2CCCC(C(=O)O)C2)c(C)c1. The lowest BCUT2D eigenvalue weighted by molar-refractivity contribution is -0.142. The van der Waals surface area contributed by atoms with Crippen LogP contribution in [0.5, 0.6) is 5.75 Å². The Hall–Kier alpha value is -1.71. The van der Waals surface area contributed by atoms with Crippen molar-refractivity contribution < 1.29 is 14.6 Å². The number of aryl methyl sites for hydroxylation is 1. The second kappa shape index (κ2) is 5.95. The Kier molecular flexibility index (Phi) is 4.30. The van der Waals surface area contributed by atoms with Crippen molar-refractivity contribution in [2.24, 2.45) is 5.92 Å². The highest BCUT2D eigenvalue weighted by molar-refractivity contribution is 5.70. The van der Waals surface area contributed by atoms with E-state index in [1.54, 1.807) is 7.11 Å². The monoisotopic (exact) mass is 263 g/mol. The summed E-state index contributed by atoms with van der Waals surface area (Å²) in [5, 5.41) is 12.6. The van der Waals surface area contributed by atoms with Crippen LogP contribution in [0.25, 0.3) is 0 Å². The van der Waals surface area contributed by atoms with Gasteiger partial charge in [-0.1, -0.05) is 6.42 Å². The molecule has 4 nitrogen and oxygen atoms in total. The van der Waals surface area contributed by atoms with E-state index in [4.69, 9.17) is 9.84 Å². The molecule has 2 rings (SSSR count). The summed E-state index contributed by atoms with van der Waals surface area (Å²) in [7, 11) is 1.65. The van der Waals surface area contributed by atoms with E-state index in [1.807, 2.05) is 25.1 Å². The van der Waals surface area contributed by atoms with Crippen molar-refractivity contribution >= 4 is 11.7 Å². The minimum atomic E-state index is -0.669. The molecule has 2 unspecified atom stereocenters. The topological polar surface area (TPSA) is 58.6 Å². The number of methoxy groups -OCH3 is 1. The number of ether oxygens (including phenoxy) is 1. The van der Waals surface area contributed by atoms with Gasteiger partial charge in [-0.2, -0.15) is 0 Å². The largest absolute Gasteiger partial charge is 0.497 e. The molecule has 1 aliphatic carbocycles. The molecule has 0 spiro atoms. The zero-order valence-corrected chi connectivity index (χ0v) is 11.5. The number of aliphatic carboxylic acids is 1. The van der Waals surface area contributed by atoms with Crippen molar-refractivity contribution in [3.8, 4) is 5.75 Å². The molecular formula is C15H21NO3. The van der Waals surface area contributed by atoms with Crippen LogP contribution in [0.1, 0.15) is 31.2 Å². The molecular weight excluding hydrogens is 242 g/mol. The number of hydrogen-bond donors (Lipinski definition) is 2. The third-order valence-electron chi connectivity index (χ3n) is 3.82. The normalized spacial score (nSPS) is 22.8. The number of rotatable bonds is 4. The first-order valence-corrected chi connectivity index (χ1v) is 6.74. The number of carboxylic acid groups (broad SMARTS) is 1. The van der Waals surface area contributed by atoms with Crippen LogP contribution in [0.15, 0.2) is 18.2 Å². The standard InChI is InChI=1S/C15H21NO3/c1-10-8-13(19-2)6-7-14(10)16-12-5-3-4-11(9-12)15(17)18/h6-8,11-12,16H,3-5,9H2,1-2H3,(H,17,18). The molecule has 2 atom stereocenters. The zero-order chi connectivity index (χ0) is 13.8. The molecule has 0 aromatic heterocycles. The first kappa shape index (κ1) is 13.7. The van der Waals surface area contributed by atoms with Gasteiger partial charge in [0.25, 0.3) is 0 Å². The molecule has 1 aromatic carbocycles. The quantitative estimate of drug-likeness (QED) is 0.876. The van der Waals surface area contributed by atoms with E-state index < -0.39 is 5.97 Å². The Labute approximate surface area is 113 Å². The number of nitrogens with one attached hydrogen (secondary N) is 1. The van der Waals surface area contributed by atoms with Gasteiger partial charge in [0.2, 0.25) is 0 Å². The molecule has 1 fully saturated rings. The summed E-state index contributed by atoms with van der Waals surface area (Å²) in [6.07, 6.45) is 3.52. The Bertz CT molecular complexity index is 459. The van der Waals surface area contributed by atoms with Gasteiger partial charge in [0, 0.05) is 11.7 Å². The number of carboxylic acids is 1. The molecule has 4 heteroatoms. The molecule has 0 saturated heterocycles. The predicted molar refractivity (Wildman–Crippen MR) is 74.7 cm³/mol. The van der Waals surface area contributed by atoms with Gasteiger partial charge in [0.05, 0.1) is 13.0 Å². The minimum Gasteiger partial charge on any atom is -0.497 e. The Balaban J connectivity index is 2.02. The number of benzene rings is 1. The minimum absolute atomic E-state index is 0.204. The van der Waals surface area contributed by atoms with Gasteiger partial charge in [-0.05, 0) is 49.9 Å². The second-order valence-electron chi connectivity index (χ2n) is 5.22. The van der Waals surface area contributed by atoms with E-state index in [0.717, 1.165) is 36.3 Å². The van der Waals surface area contributed by atoms with Gasteiger partial charge in [0.1, 0.15) is 5.75 Å². The summed E-state index contributed by atoms with van der Waals surface area (Å²) in [6.45, 7) is 2.03. The molecule has 104 valence electrons. The van der Waals surface area contributed by atoms with Crippen LogP contribution in [0.4, 0.5) is 5.69 Å². The Morgan fingerprint density at radius 3 is 2.84 bits per heavy atom. The van der Waals surface area contributed by atoms with Gasteiger partial charge in [-0.25, -0.2) is 0 Å². The van der Waals surface area contributed by atoms with E-state index in [0.29, 0.717) is 6.42 Å². The lowest BCUT2D eigenvalue weighted by Crippen LogP contribution is -2.31. The summed E-state index contributed by atoms with van der Waals surface area (Å²) in [5.41, 5.74) is 2.19. The second-order valence-corrected chi connectivity index (χ2v) is 5.22. The maximum absolute atomic E-state index is 11.1. The van der Waals surface area contributed by atoms with Crippen LogP contribution in [-0.2, 0) is 4.79 Å².